The molecule has 3 atom stereocenters. The van der Waals surface area contributed by atoms with Crippen molar-refractivity contribution in [1.82, 2.24) is 4.31 Å². The summed E-state index contributed by atoms with van der Waals surface area (Å²) in [5, 5.41) is 0. The molecule has 2 fully saturated rings. The topological polar surface area (TPSA) is 54.5 Å². The average Bonchev–Trinajstić information content (AvgIpc) is 2.97. The lowest BCUT2D eigenvalue weighted by atomic mass is 9.66. The molecule has 1 aliphatic carbocycles. The third-order valence-corrected chi connectivity index (χ3v) is 10.6. The van der Waals surface area contributed by atoms with E-state index in [0.29, 0.717) is 12.3 Å². The highest BCUT2D eigenvalue weighted by molar-refractivity contribution is 7.90. The minimum atomic E-state index is -3.48. The summed E-state index contributed by atoms with van der Waals surface area (Å²) < 4.78 is 27.0. The van der Waals surface area contributed by atoms with Gasteiger partial charge in [-0.15, -0.1) is 0 Å². The Kier molecular flexibility index (Phi) is 9.27. The van der Waals surface area contributed by atoms with Crippen molar-refractivity contribution >= 4 is 15.9 Å². The van der Waals surface area contributed by atoms with Crippen LogP contribution >= 0.6 is 0 Å². The zero-order valence-electron chi connectivity index (χ0n) is 20.3. The van der Waals surface area contributed by atoms with Gasteiger partial charge in [-0.1, -0.05) is 105 Å². The van der Waals surface area contributed by atoms with Gasteiger partial charge in [-0.25, -0.2) is 12.7 Å². The molecule has 1 amide bonds. The second-order valence-corrected chi connectivity index (χ2v) is 12.7. The molecule has 1 saturated heterocycles. The second-order valence-electron chi connectivity index (χ2n) is 10.9. The molecule has 176 valence electrons. The highest BCUT2D eigenvalue weighted by Gasteiger charge is 2.66. The van der Waals surface area contributed by atoms with Crippen LogP contribution in [-0.2, 0) is 14.8 Å². The largest absolute Gasteiger partial charge is 0.274 e. The van der Waals surface area contributed by atoms with Crippen LogP contribution in [0.15, 0.2) is 0 Å². The van der Waals surface area contributed by atoms with Gasteiger partial charge in [-0.3, -0.25) is 4.79 Å². The van der Waals surface area contributed by atoms with Crippen LogP contribution < -0.4 is 0 Å². The minimum Gasteiger partial charge on any atom is -0.274 e. The molecule has 5 heteroatoms. The SMILES string of the molecule is CCCCCCCCCCCCCCC(=O)N1[C@@H]2C[C@@H](C)C(C)(C)[C@]2(C)CS1(=O)=O. The Morgan fingerprint density at radius 1 is 0.867 bits per heavy atom. The third-order valence-electron chi connectivity index (χ3n) is 8.57. The lowest BCUT2D eigenvalue weighted by Crippen LogP contribution is -2.43. The molecule has 1 aliphatic heterocycles. The third kappa shape index (κ3) is 5.61. The van der Waals surface area contributed by atoms with Crippen LogP contribution in [0.5, 0.6) is 0 Å². The summed E-state index contributed by atoms with van der Waals surface area (Å²) >= 11 is 0. The maximum Gasteiger partial charge on any atom is 0.238 e. The first-order valence-corrected chi connectivity index (χ1v) is 14.2. The molecule has 0 aromatic heterocycles. The molecule has 0 N–H and O–H groups in total. The molecule has 0 aromatic rings. The average molecular weight is 442 g/mol. The lowest BCUT2D eigenvalue weighted by Gasteiger charge is -2.39. The van der Waals surface area contributed by atoms with Crippen molar-refractivity contribution in [1.29, 1.82) is 0 Å². The highest BCUT2D eigenvalue weighted by atomic mass is 32.2. The van der Waals surface area contributed by atoms with Crippen molar-refractivity contribution < 1.29 is 13.2 Å². The van der Waals surface area contributed by atoms with E-state index in [1.54, 1.807) is 0 Å². The van der Waals surface area contributed by atoms with Crippen LogP contribution in [0.1, 0.15) is 125 Å². The number of carbonyl (C=O) groups excluding carboxylic acids is 1. The van der Waals surface area contributed by atoms with E-state index in [1.165, 1.54) is 62.1 Å². The first-order chi connectivity index (χ1) is 14.1. The lowest BCUT2D eigenvalue weighted by molar-refractivity contribution is -0.128. The molecule has 1 heterocycles. The van der Waals surface area contributed by atoms with Crippen LogP contribution in [0.25, 0.3) is 0 Å². The number of nitrogens with zero attached hydrogens (tertiary/aromatic N) is 1. The normalized spacial score (nSPS) is 29.3. The van der Waals surface area contributed by atoms with E-state index in [2.05, 4.69) is 34.6 Å². The molecule has 0 bridgehead atoms. The molecule has 0 spiro atoms. The van der Waals surface area contributed by atoms with Crippen LogP contribution in [0.4, 0.5) is 0 Å². The van der Waals surface area contributed by atoms with Crippen molar-refractivity contribution in [2.75, 3.05) is 5.75 Å². The fourth-order valence-electron chi connectivity index (χ4n) is 5.72. The Morgan fingerprint density at radius 3 is 1.83 bits per heavy atom. The van der Waals surface area contributed by atoms with Gasteiger partial charge in [-0.05, 0) is 24.2 Å². The molecular formula is C25H47NO3S. The van der Waals surface area contributed by atoms with E-state index in [-0.39, 0.29) is 28.5 Å². The van der Waals surface area contributed by atoms with Gasteiger partial charge in [0.25, 0.3) is 0 Å². The number of fused-ring (bicyclic) bond motifs is 1. The quantitative estimate of drug-likeness (QED) is 0.299. The molecule has 0 unspecified atom stereocenters. The van der Waals surface area contributed by atoms with E-state index in [9.17, 15) is 13.2 Å². The number of sulfonamides is 1. The summed E-state index contributed by atoms with van der Waals surface area (Å²) in [6, 6.07) is -0.155. The van der Waals surface area contributed by atoms with Crippen molar-refractivity contribution in [2.24, 2.45) is 16.7 Å². The van der Waals surface area contributed by atoms with E-state index in [0.717, 1.165) is 25.7 Å². The van der Waals surface area contributed by atoms with Gasteiger partial charge in [0.05, 0.1) is 11.8 Å². The smallest absolute Gasteiger partial charge is 0.238 e. The monoisotopic (exact) mass is 441 g/mol. The summed E-state index contributed by atoms with van der Waals surface area (Å²) in [6.07, 6.45) is 16.2. The molecule has 2 aliphatic rings. The number of rotatable bonds is 13. The fourth-order valence-corrected chi connectivity index (χ4v) is 8.29. The summed E-state index contributed by atoms with van der Waals surface area (Å²) in [5.74, 6) is 0.372. The first kappa shape index (κ1) is 25.7. The van der Waals surface area contributed by atoms with Crippen LogP contribution in [0, 0.1) is 16.7 Å². The molecule has 2 rings (SSSR count). The van der Waals surface area contributed by atoms with E-state index < -0.39 is 10.0 Å². The number of amides is 1. The van der Waals surface area contributed by atoms with Gasteiger partial charge in [0, 0.05) is 11.8 Å². The Bertz CT molecular complexity index is 657. The zero-order valence-corrected chi connectivity index (χ0v) is 21.2. The van der Waals surface area contributed by atoms with E-state index >= 15 is 0 Å². The van der Waals surface area contributed by atoms with E-state index in [4.69, 9.17) is 0 Å². The molecule has 0 radical (unpaired) electrons. The summed E-state index contributed by atoms with van der Waals surface area (Å²) in [4.78, 5) is 12.9. The standard InChI is InChI=1S/C25H47NO3S/c1-6-7-8-9-10-11-12-13-14-15-16-17-18-23(27)26-22-19-21(2)24(3,4)25(22,5)20-30(26,28)29/h21-22H,6-20H2,1-5H3/t21-,22-,25-/m1/s1. The molecule has 0 aromatic carbocycles. The maximum absolute atomic E-state index is 12.9. The van der Waals surface area contributed by atoms with Gasteiger partial charge in [0.1, 0.15) is 0 Å². The van der Waals surface area contributed by atoms with Gasteiger partial charge in [0.15, 0.2) is 0 Å². The van der Waals surface area contributed by atoms with Crippen LogP contribution in [0.2, 0.25) is 0 Å². The van der Waals surface area contributed by atoms with Crippen molar-refractivity contribution in [3.63, 3.8) is 0 Å². The van der Waals surface area contributed by atoms with Gasteiger partial charge in [-0.2, -0.15) is 0 Å². The summed E-state index contributed by atoms with van der Waals surface area (Å²) in [6.45, 7) is 10.9. The molecule has 4 nitrogen and oxygen atoms in total. The van der Waals surface area contributed by atoms with Gasteiger partial charge >= 0.3 is 0 Å². The van der Waals surface area contributed by atoms with Gasteiger partial charge < -0.3 is 0 Å². The van der Waals surface area contributed by atoms with Gasteiger partial charge in [0.2, 0.25) is 15.9 Å². The second kappa shape index (κ2) is 10.8. The molecular weight excluding hydrogens is 394 g/mol. The Morgan fingerprint density at radius 2 is 1.33 bits per heavy atom. The maximum atomic E-state index is 12.9. The van der Waals surface area contributed by atoms with Crippen molar-refractivity contribution in [3.8, 4) is 0 Å². The number of carbonyl (C=O) groups is 1. The van der Waals surface area contributed by atoms with Crippen LogP contribution in [0.3, 0.4) is 0 Å². The highest BCUT2D eigenvalue weighted by Crippen LogP contribution is 2.61. The Hall–Kier alpha value is -0.580. The predicted molar refractivity (Wildman–Crippen MR) is 126 cm³/mol. The molecule has 30 heavy (non-hydrogen) atoms. The van der Waals surface area contributed by atoms with E-state index in [1.807, 2.05) is 0 Å². The molecule has 1 saturated carbocycles. The fraction of sp³-hybridized carbons (Fsp3) is 0.960. The zero-order chi connectivity index (χ0) is 22.4. The summed E-state index contributed by atoms with van der Waals surface area (Å²) in [7, 11) is -3.48. The van der Waals surface area contributed by atoms with Crippen LogP contribution in [-0.4, -0.2) is 30.4 Å². The Labute approximate surface area is 186 Å². The Balaban J connectivity index is 1.67. The number of hydrogen-bond donors (Lipinski definition) is 0. The first-order valence-electron chi connectivity index (χ1n) is 12.6. The number of unbranched alkanes of at least 4 members (excludes halogenated alkanes) is 11. The minimum absolute atomic E-state index is 0.0736. The van der Waals surface area contributed by atoms with Crippen molar-refractivity contribution in [2.45, 2.75) is 131 Å². The predicted octanol–water partition coefficient (Wildman–Crippen LogP) is 6.69. The number of hydrogen-bond acceptors (Lipinski definition) is 3. The summed E-state index contributed by atoms with van der Waals surface area (Å²) in [5.41, 5.74) is -0.410. The van der Waals surface area contributed by atoms with Crippen molar-refractivity contribution in [3.05, 3.63) is 0 Å².